The molecule has 0 fully saturated rings. The molecule has 30 heavy (non-hydrogen) atoms. The number of methoxy groups -OCH3 is 1. The van der Waals surface area contributed by atoms with Crippen LogP contribution in [-0.4, -0.2) is 39.5 Å². The zero-order valence-electron chi connectivity index (χ0n) is 17.2. The summed E-state index contributed by atoms with van der Waals surface area (Å²) in [6, 6.07) is 15.4. The normalized spacial score (nSPS) is 19.0. The molecule has 2 aromatic rings. The van der Waals surface area contributed by atoms with Gasteiger partial charge in [0.25, 0.3) is 0 Å². The number of halogens is 3. The lowest BCUT2D eigenvalue weighted by molar-refractivity contribution is -0.256. The van der Waals surface area contributed by atoms with Gasteiger partial charge in [-0.2, -0.15) is 13.2 Å². The van der Waals surface area contributed by atoms with Crippen LogP contribution >= 0.6 is 0 Å². The van der Waals surface area contributed by atoms with Crippen LogP contribution in [0.2, 0.25) is 13.1 Å². The SMILES string of the molecule is CCOC(=O)[C@]1(C(F)(F)F)OC(c2ccc(OC)cc2)=C1[Si](C)(C)c1ccccc1. The first-order valence-corrected chi connectivity index (χ1v) is 12.5. The second-order valence-electron chi connectivity index (χ2n) is 7.43. The number of esters is 1. The van der Waals surface area contributed by atoms with Crippen molar-refractivity contribution in [2.24, 2.45) is 0 Å². The quantitative estimate of drug-likeness (QED) is 0.496. The van der Waals surface area contributed by atoms with Crippen molar-refractivity contribution in [3.8, 4) is 5.75 Å². The molecule has 1 heterocycles. The molecular weight excluding hydrogens is 413 g/mol. The lowest BCUT2D eigenvalue weighted by Crippen LogP contribution is -2.68. The monoisotopic (exact) mass is 436 g/mol. The summed E-state index contributed by atoms with van der Waals surface area (Å²) in [5.74, 6) is -0.794. The van der Waals surface area contributed by atoms with Crippen LogP contribution in [0.15, 0.2) is 59.8 Å². The Morgan fingerprint density at radius 3 is 2.17 bits per heavy atom. The van der Waals surface area contributed by atoms with E-state index in [0.717, 1.165) is 5.19 Å². The van der Waals surface area contributed by atoms with Crippen molar-refractivity contribution in [3.63, 3.8) is 0 Å². The number of alkyl halides is 3. The number of rotatable bonds is 6. The molecule has 0 N–H and O–H groups in total. The highest BCUT2D eigenvalue weighted by molar-refractivity contribution is 6.97. The van der Waals surface area contributed by atoms with Gasteiger partial charge >= 0.3 is 17.7 Å². The lowest BCUT2D eigenvalue weighted by Gasteiger charge is -2.49. The van der Waals surface area contributed by atoms with Crippen molar-refractivity contribution in [2.75, 3.05) is 13.7 Å². The summed E-state index contributed by atoms with van der Waals surface area (Å²) in [5, 5.41) is 0.713. The highest BCUT2D eigenvalue weighted by Gasteiger charge is 2.75. The largest absolute Gasteiger partial charge is 0.497 e. The Balaban J connectivity index is 2.27. The highest BCUT2D eigenvalue weighted by atomic mass is 28.3. The number of ether oxygens (including phenoxy) is 3. The average molecular weight is 437 g/mol. The molecule has 0 aromatic heterocycles. The molecular formula is C22H23F3O4Si. The van der Waals surface area contributed by atoms with Crippen LogP contribution in [-0.2, 0) is 14.3 Å². The molecule has 4 nitrogen and oxygen atoms in total. The molecule has 2 aromatic carbocycles. The minimum Gasteiger partial charge on any atom is -0.497 e. The molecule has 0 spiro atoms. The van der Waals surface area contributed by atoms with Gasteiger partial charge in [-0.25, -0.2) is 4.79 Å². The van der Waals surface area contributed by atoms with Gasteiger partial charge in [-0.3, -0.25) is 0 Å². The molecule has 0 saturated carbocycles. The van der Waals surface area contributed by atoms with Gasteiger partial charge in [0.1, 0.15) is 19.6 Å². The summed E-state index contributed by atoms with van der Waals surface area (Å²) >= 11 is 0. The smallest absolute Gasteiger partial charge is 0.443 e. The third kappa shape index (κ3) is 3.39. The zero-order chi connectivity index (χ0) is 22.2. The highest BCUT2D eigenvalue weighted by Crippen LogP contribution is 2.55. The van der Waals surface area contributed by atoms with E-state index in [4.69, 9.17) is 14.2 Å². The Kier molecular flexibility index (Phi) is 5.73. The van der Waals surface area contributed by atoms with E-state index in [9.17, 15) is 18.0 Å². The molecule has 0 amide bonds. The van der Waals surface area contributed by atoms with E-state index in [2.05, 4.69) is 0 Å². The number of carbonyl (C=O) groups excluding carboxylic acids is 1. The summed E-state index contributed by atoms with van der Waals surface area (Å²) in [6.07, 6.45) is -4.97. The number of carbonyl (C=O) groups is 1. The van der Waals surface area contributed by atoms with Crippen LogP contribution in [0.5, 0.6) is 5.75 Å². The summed E-state index contributed by atoms with van der Waals surface area (Å²) in [7, 11) is -1.50. The van der Waals surface area contributed by atoms with Gasteiger partial charge in [0, 0.05) is 10.8 Å². The summed E-state index contributed by atoms with van der Waals surface area (Å²) in [6.45, 7) is 4.85. The minimum absolute atomic E-state index is 0.0442. The van der Waals surface area contributed by atoms with E-state index >= 15 is 0 Å². The Bertz CT molecular complexity index is 953. The van der Waals surface area contributed by atoms with Gasteiger partial charge < -0.3 is 14.2 Å². The summed E-state index contributed by atoms with van der Waals surface area (Å²) < 4.78 is 58.5. The zero-order valence-corrected chi connectivity index (χ0v) is 18.2. The second kappa shape index (κ2) is 7.83. The van der Waals surface area contributed by atoms with Crippen molar-refractivity contribution in [2.45, 2.75) is 31.8 Å². The van der Waals surface area contributed by atoms with Crippen LogP contribution in [0.3, 0.4) is 0 Å². The Labute approximate surface area is 174 Å². The van der Waals surface area contributed by atoms with Gasteiger partial charge in [0.05, 0.1) is 13.7 Å². The average Bonchev–Trinajstić information content (AvgIpc) is 2.67. The van der Waals surface area contributed by atoms with Crippen LogP contribution < -0.4 is 9.92 Å². The van der Waals surface area contributed by atoms with E-state index in [-0.39, 0.29) is 17.6 Å². The number of benzene rings is 2. The Morgan fingerprint density at radius 2 is 1.67 bits per heavy atom. The summed E-state index contributed by atoms with van der Waals surface area (Å²) in [4.78, 5) is 12.7. The van der Waals surface area contributed by atoms with Gasteiger partial charge in [0.15, 0.2) is 0 Å². The van der Waals surface area contributed by atoms with Gasteiger partial charge in [-0.1, -0.05) is 48.6 Å². The molecule has 1 aliphatic heterocycles. The van der Waals surface area contributed by atoms with Gasteiger partial charge in [-0.15, -0.1) is 0 Å². The van der Waals surface area contributed by atoms with E-state index < -0.39 is 25.8 Å². The van der Waals surface area contributed by atoms with Crippen molar-refractivity contribution in [1.82, 2.24) is 0 Å². The maximum absolute atomic E-state index is 14.4. The van der Waals surface area contributed by atoms with E-state index in [1.54, 1.807) is 67.7 Å². The second-order valence-corrected chi connectivity index (χ2v) is 11.8. The molecule has 1 aliphatic rings. The van der Waals surface area contributed by atoms with E-state index in [1.165, 1.54) is 14.0 Å². The van der Waals surface area contributed by atoms with Crippen LogP contribution in [0.1, 0.15) is 12.5 Å². The molecule has 160 valence electrons. The predicted molar refractivity (Wildman–Crippen MR) is 110 cm³/mol. The number of hydrogen-bond acceptors (Lipinski definition) is 4. The molecule has 0 bridgehead atoms. The first-order chi connectivity index (χ1) is 14.1. The first kappa shape index (κ1) is 22.0. The van der Waals surface area contributed by atoms with Crippen molar-refractivity contribution in [1.29, 1.82) is 0 Å². The molecule has 8 heteroatoms. The van der Waals surface area contributed by atoms with E-state index in [0.29, 0.717) is 11.3 Å². The predicted octanol–water partition coefficient (Wildman–Crippen LogP) is 4.46. The van der Waals surface area contributed by atoms with Crippen LogP contribution in [0.25, 0.3) is 5.76 Å². The van der Waals surface area contributed by atoms with Gasteiger partial charge in [-0.05, 0) is 31.2 Å². The maximum atomic E-state index is 14.4. The fourth-order valence-corrected chi connectivity index (χ4v) is 6.98. The molecule has 0 aliphatic carbocycles. The maximum Gasteiger partial charge on any atom is 0.443 e. The number of hydrogen-bond donors (Lipinski definition) is 0. The third-order valence-corrected chi connectivity index (χ3v) is 8.87. The van der Waals surface area contributed by atoms with Gasteiger partial charge in [0.2, 0.25) is 0 Å². The molecule has 0 radical (unpaired) electrons. The van der Waals surface area contributed by atoms with Crippen molar-refractivity contribution in [3.05, 3.63) is 65.4 Å². The third-order valence-electron chi connectivity index (χ3n) is 5.27. The Hall–Kier alpha value is -2.74. The molecule has 0 saturated heterocycles. The first-order valence-electron chi connectivity index (χ1n) is 9.47. The summed E-state index contributed by atoms with van der Waals surface area (Å²) in [5.41, 5.74) is -2.66. The fourth-order valence-electron chi connectivity index (χ4n) is 3.73. The molecule has 1 atom stereocenters. The van der Waals surface area contributed by atoms with Crippen LogP contribution in [0.4, 0.5) is 13.2 Å². The van der Waals surface area contributed by atoms with Crippen molar-refractivity contribution >= 4 is 25.0 Å². The van der Waals surface area contributed by atoms with Crippen LogP contribution in [0, 0.1) is 0 Å². The lowest BCUT2D eigenvalue weighted by atomic mass is 9.93. The topological polar surface area (TPSA) is 44.8 Å². The standard InChI is InChI=1S/C22H23F3O4Si/c1-5-28-20(26)21(22(23,24)25)19(30(3,4)17-9-7-6-8-10-17)18(29-21)15-11-13-16(27-2)14-12-15/h6-14H,5H2,1-4H3/t21-/m1/s1. The molecule has 0 unspecified atom stereocenters. The van der Waals surface area contributed by atoms with Crippen molar-refractivity contribution < 1.29 is 32.2 Å². The fraction of sp³-hybridized carbons (Fsp3) is 0.318. The molecule has 3 rings (SSSR count). The Morgan fingerprint density at radius 1 is 1.07 bits per heavy atom. The minimum atomic E-state index is -4.97. The van der Waals surface area contributed by atoms with E-state index in [1.807, 2.05) is 0 Å².